The van der Waals surface area contributed by atoms with Crippen LogP contribution in [0.15, 0.2) is 59.8 Å². The lowest BCUT2D eigenvalue weighted by Gasteiger charge is -2.11. The third-order valence-electron chi connectivity index (χ3n) is 4.70. The Labute approximate surface area is 173 Å². The lowest BCUT2D eigenvalue weighted by Crippen LogP contribution is -2.23. The monoisotopic (exact) mass is 402 g/mol. The van der Waals surface area contributed by atoms with Crippen molar-refractivity contribution in [3.63, 3.8) is 0 Å². The van der Waals surface area contributed by atoms with E-state index in [9.17, 15) is 9.59 Å². The number of rotatable bonds is 6. The van der Waals surface area contributed by atoms with Crippen molar-refractivity contribution in [3.8, 4) is 11.3 Å². The van der Waals surface area contributed by atoms with Gasteiger partial charge in [0.2, 0.25) is 0 Å². The molecular weight excluding hydrogens is 380 g/mol. The molecule has 0 spiro atoms. The highest BCUT2D eigenvalue weighted by molar-refractivity contribution is 5.96. The highest BCUT2D eigenvalue weighted by Gasteiger charge is 2.13. The van der Waals surface area contributed by atoms with Crippen LogP contribution in [0.4, 0.5) is 11.5 Å². The van der Waals surface area contributed by atoms with Gasteiger partial charge in [0.25, 0.3) is 11.5 Å². The van der Waals surface area contributed by atoms with Crippen molar-refractivity contribution in [2.24, 2.45) is 7.05 Å². The molecule has 0 fully saturated rings. The van der Waals surface area contributed by atoms with E-state index in [4.69, 9.17) is 0 Å². The number of nitrogens with zero attached hydrogens (tertiary/aromatic N) is 3. The van der Waals surface area contributed by atoms with Crippen LogP contribution in [-0.4, -0.2) is 32.2 Å². The van der Waals surface area contributed by atoms with E-state index in [1.165, 1.54) is 0 Å². The molecule has 4 rings (SSSR count). The molecule has 0 aliphatic heterocycles. The molecule has 3 heterocycles. The number of H-pyrrole nitrogens is 1. The summed E-state index contributed by atoms with van der Waals surface area (Å²) in [6, 6.07) is 10.8. The number of fused-ring (bicyclic) bond motifs is 1. The zero-order valence-corrected chi connectivity index (χ0v) is 16.8. The van der Waals surface area contributed by atoms with Crippen molar-refractivity contribution in [2.75, 3.05) is 11.9 Å². The molecule has 0 unspecified atom stereocenters. The largest absolute Gasteiger partial charge is 0.352 e. The van der Waals surface area contributed by atoms with Gasteiger partial charge in [0.15, 0.2) is 0 Å². The van der Waals surface area contributed by atoms with Gasteiger partial charge in [0, 0.05) is 42.8 Å². The van der Waals surface area contributed by atoms with Gasteiger partial charge in [-0.05, 0) is 48.2 Å². The van der Waals surface area contributed by atoms with Crippen molar-refractivity contribution >= 4 is 28.2 Å². The number of benzene rings is 1. The zero-order valence-electron chi connectivity index (χ0n) is 16.8. The second-order valence-corrected chi connectivity index (χ2v) is 6.99. The van der Waals surface area contributed by atoms with E-state index < -0.39 is 0 Å². The highest BCUT2D eigenvalue weighted by atomic mass is 16.1. The van der Waals surface area contributed by atoms with Crippen LogP contribution in [0.1, 0.15) is 23.7 Å². The summed E-state index contributed by atoms with van der Waals surface area (Å²) in [5.74, 6) is 0.332. The Kier molecular flexibility index (Phi) is 5.30. The maximum absolute atomic E-state index is 12.5. The Balaban J connectivity index is 1.71. The van der Waals surface area contributed by atoms with Crippen molar-refractivity contribution in [3.05, 3.63) is 70.9 Å². The van der Waals surface area contributed by atoms with Crippen LogP contribution in [0.5, 0.6) is 0 Å². The first-order chi connectivity index (χ1) is 14.5. The lowest BCUT2D eigenvalue weighted by atomic mass is 10.1. The van der Waals surface area contributed by atoms with Crippen LogP contribution >= 0.6 is 0 Å². The first-order valence-electron chi connectivity index (χ1n) is 9.72. The Morgan fingerprint density at radius 3 is 2.70 bits per heavy atom. The molecule has 0 radical (unpaired) electrons. The fourth-order valence-electron chi connectivity index (χ4n) is 3.19. The molecule has 3 aromatic heterocycles. The smallest absolute Gasteiger partial charge is 0.259 e. The van der Waals surface area contributed by atoms with Gasteiger partial charge in [-0.1, -0.05) is 6.92 Å². The molecular formula is C22H22N6O2. The van der Waals surface area contributed by atoms with E-state index in [1.807, 2.05) is 32.3 Å². The molecule has 0 saturated heterocycles. The van der Waals surface area contributed by atoms with E-state index in [0.29, 0.717) is 29.0 Å². The highest BCUT2D eigenvalue weighted by Crippen LogP contribution is 2.27. The molecule has 8 nitrogen and oxygen atoms in total. The van der Waals surface area contributed by atoms with Gasteiger partial charge in [-0.15, -0.1) is 0 Å². The topological polar surface area (TPSA) is 105 Å². The van der Waals surface area contributed by atoms with Crippen LogP contribution in [0.25, 0.3) is 22.0 Å². The number of aromatic nitrogens is 4. The normalized spacial score (nSPS) is 10.9. The number of carbonyl (C=O) groups excluding carboxylic acids is 1. The fraction of sp³-hybridized carbons (Fsp3) is 0.182. The predicted molar refractivity (Wildman–Crippen MR) is 117 cm³/mol. The zero-order chi connectivity index (χ0) is 21.1. The molecule has 0 aliphatic rings. The standard InChI is InChI=1S/C22H22N6O2/c1-3-9-23-21(29)14-4-6-17(7-5-14)26-20-19-15(8-10-24-22(19)30)11-18(27-20)16-12-25-28(2)13-16/h4-8,10-13H,3,9H2,1-2H3,(H,23,29)(H,24,30)(H,26,27). The minimum Gasteiger partial charge on any atom is -0.352 e. The van der Waals surface area contributed by atoms with Crippen LogP contribution in [0.2, 0.25) is 0 Å². The third kappa shape index (κ3) is 3.93. The van der Waals surface area contributed by atoms with E-state index >= 15 is 0 Å². The molecule has 0 bridgehead atoms. The fourth-order valence-corrected chi connectivity index (χ4v) is 3.19. The summed E-state index contributed by atoms with van der Waals surface area (Å²) < 4.78 is 1.70. The number of carbonyl (C=O) groups is 1. The predicted octanol–water partition coefficient (Wildman–Crippen LogP) is 3.21. The van der Waals surface area contributed by atoms with Crippen LogP contribution in [-0.2, 0) is 7.05 Å². The summed E-state index contributed by atoms with van der Waals surface area (Å²) in [6.45, 7) is 2.64. The molecule has 8 heteroatoms. The van der Waals surface area contributed by atoms with Gasteiger partial charge < -0.3 is 15.6 Å². The van der Waals surface area contributed by atoms with E-state index in [0.717, 1.165) is 23.1 Å². The lowest BCUT2D eigenvalue weighted by molar-refractivity contribution is 0.0953. The summed E-state index contributed by atoms with van der Waals surface area (Å²) in [4.78, 5) is 32.0. The molecule has 30 heavy (non-hydrogen) atoms. The number of pyridine rings is 2. The average molecular weight is 402 g/mol. The van der Waals surface area contributed by atoms with E-state index in [2.05, 4.69) is 25.7 Å². The van der Waals surface area contributed by atoms with E-state index in [-0.39, 0.29) is 11.5 Å². The van der Waals surface area contributed by atoms with Gasteiger partial charge in [-0.25, -0.2) is 4.98 Å². The Bertz CT molecular complexity index is 1260. The van der Waals surface area contributed by atoms with Gasteiger partial charge >= 0.3 is 0 Å². The number of nitrogens with one attached hydrogen (secondary N) is 3. The maximum atomic E-state index is 12.5. The number of aryl methyl sites for hydroxylation is 1. The van der Waals surface area contributed by atoms with Crippen LogP contribution < -0.4 is 16.2 Å². The van der Waals surface area contributed by atoms with Crippen LogP contribution in [0.3, 0.4) is 0 Å². The SMILES string of the molecule is CCCNC(=O)c1ccc(Nc2nc(-c3cnn(C)c3)cc3cc[nH]c(=O)c23)cc1. The molecule has 3 N–H and O–H groups in total. The molecule has 0 aliphatic carbocycles. The van der Waals surface area contributed by atoms with Gasteiger partial charge in [-0.2, -0.15) is 5.10 Å². The Morgan fingerprint density at radius 2 is 2.00 bits per heavy atom. The minimum atomic E-state index is -0.226. The van der Waals surface area contributed by atoms with Crippen molar-refractivity contribution in [2.45, 2.75) is 13.3 Å². The summed E-state index contributed by atoms with van der Waals surface area (Å²) in [6.07, 6.45) is 6.10. The number of amides is 1. The number of anilines is 2. The van der Waals surface area contributed by atoms with Gasteiger partial charge in [0.1, 0.15) is 5.82 Å². The summed E-state index contributed by atoms with van der Waals surface area (Å²) in [5.41, 5.74) is 2.64. The summed E-state index contributed by atoms with van der Waals surface area (Å²) in [7, 11) is 1.84. The quantitative estimate of drug-likeness (QED) is 0.459. The van der Waals surface area contributed by atoms with Crippen LogP contribution in [0, 0.1) is 0 Å². The van der Waals surface area contributed by atoms with Crippen molar-refractivity contribution in [1.29, 1.82) is 0 Å². The second kappa shape index (κ2) is 8.20. The number of hydrogen-bond donors (Lipinski definition) is 3. The Hall–Kier alpha value is -3.94. The minimum absolute atomic E-state index is 0.109. The maximum Gasteiger partial charge on any atom is 0.259 e. The molecule has 4 aromatic rings. The first-order valence-corrected chi connectivity index (χ1v) is 9.72. The molecule has 0 atom stereocenters. The summed E-state index contributed by atoms with van der Waals surface area (Å²) >= 11 is 0. The van der Waals surface area contributed by atoms with E-state index in [1.54, 1.807) is 41.3 Å². The van der Waals surface area contributed by atoms with Crippen molar-refractivity contribution < 1.29 is 4.79 Å². The third-order valence-corrected chi connectivity index (χ3v) is 4.70. The average Bonchev–Trinajstić information content (AvgIpc) is 3.19. The first kappa shape index (κ1) is 19.4. The number of aromatic amines is 1. The Morgan fingerprint density at radius 1 is 1.20 bits per heavy atom. The molecule has 1 aromatic carbocycles. The van der Waals surface area contributed by atoms with Crippen molar-refractivity contribution in [1.82, 2.24) is 25.1 Å². The molecule has 152 valence electrons. The summed E-state index contributed by atoms with van der Waals surface area (Å²) in [5, 5.41) is 11.5. The number of hydrogen-bond acceptors (Lipinski definition) is 5. The van der Waals surface area contributed by atoms with Gasteiger partial charge in [0.05, 0.1) is 17.3 Å². The second-order valence-electron chi connectivity index (χ2n) is 6.99. The molecule has 1 amide bonds. The van der Waals surface area contributed by atoms with Gasteiger partial charge in [-0.3, -0.25) is 14.3 Å². The molecule has 0 saturated carbocycles.